The molecule has 0 aliphatic carbocycles. The molecule has 35 heavy (non-hydrogen) atoms. The van der Waals surface area contributed by atoms with E-state index in [1.54, 1.807) is 4.57 Å². The SMILES string of the molecule is CCCn1c(=O)c2[nH]c(-c3ccc(CCC(=O)Nc4ccc(F)cc4)cc3)cc2n(CCC)c1=O. The topological polar surface area (TPSA) is 88.9 Å². The van der Waals surface area contributed by atoms with Crippen molar-refractivity contribution >= 4 is 22.6 Å². The molecule has 2 N–H and O–H groups in total. The minimum Gasteiger partial charge on any atom is -0.349 e. The molecule has 4 aromatic rings. The molecule has 0 unspecified atom stereocenters. The normalized spacial score (nSPS) is 11.2. The number of aryl methyl sites for hydroxylation is 2. The number of anilines is 1. The van der Waals surface area contributed by atoms with Crippen molar-refractivity contribution in [2.75, 3.05) is 5.32 Å². The Balaban J connectivity index is 1.52. The van der Waals surface area contributed by atoms with Gasteiger partial charge in [0, 0.05) is 30.9 Å². The molecule has 2 aromatic carbocycles. The molecular weight excluding hydrogens is 447 g/mol. The maximum Gasteiger partial charge on any atom is 0.331 e. The number of hydrogen-bond donors (Lipinski definition) is 2. The Morgan fingerprint density at radius 1 is 0.943 bits per heavy atom. The van der Waals surface area contributed by atoms with E-state index in [1.807, 2.05) is 44.2 Å². The number of nitrogens with one attached hydrogen (secondary N) is 2. The monoisotopic (exact) mass is 476 g/mol. The van der Waals surface area contributed by atoms with Crippen LogP contribution in [0.5, 0.6) is 0 Å². The summed E-state index contributed by atoms with van der Waals surface area (Å²) in [6, 6.07) is 15.3. The van der Waals surface area contributed by atoms with Crippen LogP contribution in [0, 0.1) is 5.82 Å². The van der Waals surface area contributed by atoms with E-state index >= 15 is 0 Å². The van der Waals surface area contributed by atoms with Crippen LogP contribution in [0.15, 0.2) is 64.2 Å². The highest BCUT2D eigenvalue weighted by atomic mass is 19.1. The van der Waals surface area contributed by atoms with Gasteiger partial charge in [0.2, 0.25) is 5.91 Å². The summed E-state index contributed by atoms with van der Waals surface area (Å²) in [5.74, 6) is -0.494. The van der Waals surface area contributed by atoms with Crippen molar-refractivity contribution in [3.8, 4) is 11.3 Å². The van der Waals surface area contributed by atoms with Gasteiger partial charge < -0.3 is 10.3 Å². The largest absolute Gasteiger partial charge is 0.349 e. The van der Waals surface area contributed by atoms with Crippen LogP contribution in [0.1, 0.15) is 38.7 Å². The fourth-order valence-electron chi connectivity index (χ4n) is 4.17. The quantitative estimate of drug-likeness (QED) is 0.367. The maximum absolute atomic E-state index is 13.0. The Kier molecular flexibility index (Phi) is 7.29. The zero-order chi connectivity index (χ0) is 24.9. The maximum atomic E-state index is 13.0. The van der Waals surface area contributed by atoms with Crippen LogP contribution in [0.4, 0.5) is 10.1 Å². The van der Waals surface area contributed by atoms with Gasteiger partial charge in [0.25, 0.3) is 5.56 Å². The number of benzene rings is 2. The predicted octanol–water partition coefficient (Wildman–Crippen LogP) is 4.69. The number of carbonyl (C=O) groups excluding carboxylic acids is 1. The third-order valence-corrected chi connectivity index (χ3v) is 5.94. The number of H-pyrrole nitrogens is 1. The van der Waals surface area contributed by atoms with E-state index in [0.717, 1.165) is 23.2 Å². The van der Waals surface area contributed by atoms with Crippen molar-refractivity contribution in [1.29, 1.82) is 0 Å². The van der Waals surface area contributed by atoms with Crippen LogP contribution in [0.25, 0.3) is 22.3 Å². The van der Waals surface area contributed by atoms with Gasteiger partial charge in [-0.05, 0) is 60.7 Å². The van der Waals surface area contributed by atoms with Crippen LogP contribution in [0.2, 0.25) is 0 Å². The molecule has 0 aliphatic heterocycles. The van der Waals surface area contributed by atoms with Gasteiger partial charge in [0.15, 0.2) is 0 Å². The van der Waals surface area contributed by atoms with Crippen LogP contribution >= 0.6 is 0 Å². The van der Waals surface area contributed by atoms with Crippen molar-refractivity contribution in [3.63, 3.8) is 0 Å². The van der Waals surface area contributed by atoms with Crippen molar-refractivity contribution in [2.45, 2.75) is 52.6 Å². The second-order valence-corrected chi connectivity index (χ2v) is 8.59. The minimum absolute atomic E-state index is 0.145. The number of nitrogens with zero attached hydrogens (tertiary/aromatic N) is 2. The van der Waals surface area contributed by atoms with E-state index < -0.39 is 0 Å². The van der Waals surface area contributed by atoms with E-state index in [2.05, 4.69) is 10.3 Å². The van der Waals surface area contributed by atoms with E-state index in [1.165, 1.54) is 28.8 Å². The number of aromatic nitrogens is 3. The third-order valence-electron chi connectivity index (χ3n) is 5.94. The van der Waals surface area contributed by atoms with Gasteiger partial charge in [-0.2, -0.15) is 0 Å². The summed E-state index contributed by atoms with van der Waals surface area (Å²) in [5, 5.41) is 2.76. The Bertz CT molecular complexity index is 1450. The molecular formula is C27H29FN4O3. The van der Waals surface area contributed by atoms with Gasteiger partial charge in [-0.1, -0.05) is 38.1 Å². The Morgan fingerprint density at radius 3 is 2.26 bits per heavy atom. The molecule has 2 heterocycles. The fourth-order valence-corrected chi connectivity index (χ4v) is 4.17. The molecule has 0 atom stereocenters. The molecule has 0 bridgehead atoms. The van der Waals surface area contributed by atoms with Gasteiger partial charge >= 0.3 is 5.69 Å². The van der Waals surface area contributed by atoms with Crippen LogP contribution in [-0.2, 0) is 24.3 Å². The van der Waals surface area contributed by atoms with E-state index in [4.69, 9.17) is 0 Å². The zero-order valence-electron chi connectivity index (χ0n) is 19.9. The molecule has 0 spiro atoms. The average Bonchev–Trinajstić information content (AvgIpc) is 3.30. The highest BCUT2D eigenvalue weighted by molar-refractivity contribution is 5.90. The van der Waals surface area contributed by atoms with Gasteiger partial charge in [-0.3, -0.25) is 18.7 Å². The lowest BCUT2D eigenvalue weighted by atomic mass is 10.1. The van der Waals surface area contributed by atoms with E-state index in [0.29, 0.717) is 49.1 Å². The number of fused-ring (bicyclic) bond motifs is 1. The first kappa shape index (κ1) is 24.2. The third kappa shape index (κ3) is 5.26. The molecule has 0 radical (unpaired) electrons. The Labute approximate surface area is 202 Å². The molecule has 0 saturated heterocycles. The summed E-state index contributed by atoms with van der Waals surface area (Å²) in [6.07, 6.45) is 2.33. The van der Waals surface area contributed by atoms with Gasteiger partial charge in [-0.25, -0.2) is 9.18 Å². The number of hydrogen-bond acceptors (Lipinski definition) is 3. The number of rotatable bonds is 9. The smallest absolute Gasteiger partial charge is 0.331 e. The average molecular weight is 477 g/mol. The van der Waals surface area contributed by atoms with Crippen LogP contribution < -0.4 is 16.6 Å². The van der Waals surface area contributed by atoms with Crippen LogP contribution in [-0.4, -0.2) is 20.0 Å². The number of aromatic amines is 1. The molecule has 0 saturated carbocycles. The van der Waals surface area contributed by atoms with Crippen molar-refractivity contribution in [1.82, 2.24) is 14.1 Å². The van der Waals surface area contributed by atoms with Gasteiger partial charge in [0.05, 0.1) is 5.52 Å². The van der Waals surface area contributed by atoms with E-state index in [9.17, 15) is 18.8 Å². The summed E-state index contributed by atoms with van der Waals surface area (Å²) in [7, 11) is 0. The summed E-state index contributed by atoms with van der Waals surface area (Å²) >= 11 is 0. The molecule has 2 aromatic heterocycles. The molecule has 1 amide bonds. The highest BCUT2D eigenvalue weighted by Gasteiger charge is 2.16. The fraction of sp³-hybridized carbons (Fsp3) is 0.296. The molecule has 8 heteroatoms. The summed E-state index contributed by atoms with van der Waals surface area (Å²) in [5.41, 5.74) is 3.68. The van der Waals surface area contributed by atoms with Crippen molar-refractivity contribution < 1.29 is 9.18 Å². The lowest BCUT2D eigenvalue weighted by Crippen LogP contribution is -2.39. The Morgan fingerprint density at radius 2 is 1.60 bits per heavy atom. The minimum atomic E-state index is -0.349. The first-order valence-corrected chi connectivity index (χ1v) is 11.9. The molecule has 182 valence electrons. The summed E-state index contributed by atoms with van der Waals surface area (Å²) in [4.78, 5) is 41.3. The first-order valence-electron chi connectivity index (χ1n) is 11.9. The summed E-state index contributed by atoms with van der Waals surface area (Å²) in [6.45, 7) is 4.86. The predicted molar refractivity (Wildman–Crippen MR) is 136 cm³/mol. The van der Waals surface area contributed by atoms with E-state index in [-0.39, 0.29) is 23.0 Å². The van der Waals surface area contributed by atoms with Crippen molar-refractivity contribution in [2.24, 2.45) is 0 Å². The molecule has 0 fully saturated rings. The van der Waals surface area contributed by atoms with Crippen molar-refractivity contribution in [3.05, 3.63) is 86.8 Å². The molecule has 4 rings (SSSR count). The second-order valence-electron chi connectivity index (χ2n) is 8.59. The summed E-state index contributed by atoms with van der Waals surface area (Å²) < 4.78 is 16.0. The standard InChI is InChI=1S/C27H29FN4O3/c1-3-15-31-23-17-22(30-25(23)26(34)32(16-4-2)27(31)35)19-8-5-18(6-9-19)7-14-24(33)29-21-12-10-20(28)11-13-21/h5-6,8-13,17,30H,3-4,7,14-16H2,1-2H3,(H,29,33). The zero-order valence-corrected chi connectivity index (χ0v) is 19.9. The van der Waals surface area contributed by atoms with Crippen LogP contribution in [0.3, 0.4) is 0 Å². The number of halogens is 1. The lowest BCUT2D eigenvalue weighted by molar-refractivity contribution is -0.116. The molecule has 0 aliphatic rings. The lowest BCUT2D eigenvalue weighted by Gasteiger charge is -2.10. The number of amides is 1. The molecule has 7 nitrogen and oxygen atoms in total. The number of carbonyl (C=O) groups is 1. The van der Waals surface area contributed by atoms with Gasteiger partial charge in [-0.15, -0.1) is 0 Å². The Hall–Kier alpha value is -3.94. The first-order chi connectivity index (χ1) is 16.9. The second kappa shape index (κ2) is 10.5. The van der Waals surface area contributed by atoms with Gasteiger partial charge in [0.1, 0.15) is 11.3 Å². The highest BCUT2D eigenvalue weighted by Crippen LogP contribution is 2.23.